The Kier molecular flexibility index (Phi) is 3.39. The van der Waals surface area contributed by atoms with Crippen LogP contribution in [0.1, 0.15) is 12.1 Å². The molecule has 2 aromatic rings. The zero-order valence-electron chi connectivity index (χ0n) is 7.95. The van der Waals surface area contributed by atoms with Gasteiger partial charge in [0.25, 0.3) is 6.43 Å². The Balaban J connectivity index is 2.87. The third kappa shape index (κ3) is 2.17. The molecule has 0 radical (unpaired) electrons. The van der Waals surface area contributed by atoms with Crippen molar-refractivity contribution < 1.29 is 13.2 Å². The summed E-state index contributed by atoms with van der Waals surface area (Å²) < 4.78 is 38.4. The van der Waals surface area contributed by atoms with Crippen LogP contribution in [0.5, 0.6) is 0 Å². The van der Waals surface area contributed by atoms with Crippen molar-refractivity contribution in [3.8, 4) is 0 Å². The van der Waals surface area contributed by atoms with Gasteiger partial charge in [-0.1, -0.05) is 34.8 Å². The molecule has 7 heteroatoms. The van der Waals surface area contributed by atoms with E-state index < -0.39 is 17.9 Å². The molecule has 1 aromatic carbocycles. The molecule has 0 saturated carbocycles. The van der Waals surface area contributed by atoms with Crippen molar-refractivity contribution in [1.82, 2.24) is 4.98 Å². The molecule has 0 amide bonds. The number of pyridine rings is 1. The molecule has 1 heterocycles. The van der Waals surface area contributed by atoms with E-state index in [0.29, 0.717) is 0 Å². The van der Waals surface area contributed by atoms with E-state index in [1.54, 1.807) is 0 Å². The molecule has 0 saturated heterocycles. The van der Waals surface area contributed by atoms with Gasteiger partial charge in [-0.3, -0.25) is 0 Å². The summed E-state index contributed by atoms with van der Waals surface area (Å²) in [7, 11) is 0. The lowest BCUT2D eigenvalue weighted by Crippen LogP contribution is -1.94. The molecule has 2 rings (SSSR count). The van der Waals surface area contributed by atoms with Crippen LogP contribution < -0.4 is 0 Å². The summed E-state index contributed by atoms with van der Waals surface area (Å²) in [6.45, 7) is 0. The Hall–Kier alpha value is -0.710. The number of hydrogen-bond donors (Lipinski definition) is 0. The highest BCUT2D eigenvalue weighted by Crippen LogP contribution is 2.36. The van der Waals surface area contributed by atoms with E-state index in [1.807, 2.05) is 0 Å². The summed E-state index contributed by atoms with van der Waals surface area (Å²) in [6.07, 6.45) is -2.78. The van der Waals surface area contributed by atoms with Crippen molar-refractivity contribution in [2.45, 2.75) is 6.43 Å². The summed E-state index contributed by atoms with van der Waals surface area (Å²) in [5, 5.41) is -0.645. The molecule has 0 N–H and O–H groups in total. The van der Waals surface area contributed by atoms with E-state index in [-0.39, 0.29) is 26.0 Å². The van der Waals surface area contributed by atoms with Crippen LogP contribution in [-0.2, 0) is 0 Å². The summed E-state index contributed by atoms with van der Waals surface area (Å²) in [5.74, 6) is -0.852. The number of nitrogens with zero attached hydrogens (tertiary/aromatic N) is 1. The van der Waals surface area contributed by atoms with Gasteiger partial charge >= 0.3 is 0 Å². The molecule has 0 aliphatic carbocycles. The van der Waals surface area contributed by atoms with Gasteiger partial charge in [-0.2, -0.15) is 0 Å². The summed E-state index contributed by atoms with van der Waals surface area (Å²) in [5.41, 5.74) is -0.481. The fourth-order valence-corrected chi connectivity index (χ4v) is 2.28. The minimum Gasteiger partial charge on any atom is -0.247 e. The third-order valence-corrected chi connectivity index (χ3v) is 3.06. The zero-order chi connectivity index (χ0) is 12.7. The molecule has 17 heavy (non-hydrogen) atoms. The lowest BCUT2D eigenvalue weighted by atomic mass is 10.2. The molecule has 0 aliphatic heterocycles. The highest BCUT2D eigenvalue weighted by Gasteiger charge is 2.18. The number of alkyl halides is 2. The standard InChI is InChI=1S/C10H3Cl3F3N/c11-3-1-6(10(15)16)17-5-2-4(12)9(14)8(13)7(3)5/h1-2,10H. The minimum atomic E-state index is -2.78. The quantitative estimate of drug-likeness (QED) is 0.654. The number of rotatable bonds is 1. The van der Waals surface area contributed by atoms with Crippen molar-refractivity contribution in [2.75, 3.05) is 0 Å². The topological polar surface area (TPSA) is 12.9 Å². The van der Waals surface area contributed by atoms with Crippen LogP contribution in [0.2, 0.25) is 15.1 Å². The van der Waals surface area contributed by atoms with Gasteiger partial charge in [0.15, 0.2) is 5.82 Å². The highest BCUT2D eigenvalue weighted by atomic mass is 35.5. The molecule has 1 aromatic heterocycles. The normalized spacial score (nSPS) is 11.5. The van der Waals surface area contributed by atoms with Gasteiger partial charge in [-0.25, -0.2) is 18.2 Å². The molecular formula is C10H3Cl3F3N. The third-order valence-electron chi connectivity index (χ3n) is 2.13. The van der Waals surface area contributed by atoms with Crippen LogP contribution in [0.3, 0.4) is 0 Å². The second-order valence-electron chi connectivity index (χ2n) is 3.21. The first-order valence-corrected chi connectivity index (χ1v) is 5.47. The molecule has 0 spiro atoms. The molecule has 0 bridgehead atoms. The second-order valence-corrected chi connectivity index (χ2v) is 4.40. The van der Waals surface area contributed by atoms with E-state index in [4.69, 9.17) is 34.8 Å². The van der Waals surface area contributed by atoms with Gasteiger partial charge in [0.1, 0.15) is 5.69 Å². The van der Waals surface area contributed by atoms with Gasteiger partial charge in [0.05, 0.1) is 20.6 Å². The fraction of sp³-hybridized carbons (Fsp3) is 0.100. The Bertz CT molecular complexity index is 601. The summed E-state index contributed by atoms with van der Waals surface area (Å²) >= 11 is 17.0. The first kappa shape index (κ1) is 12.7. The van der Waals surface area contributed by atoms with Crippen molar-refractivity contribution >= 4 is 45.7 Å². The molecule has 0 unspecified atom stereocenters. The Labute approximate surface area is 109 Å². The molecular weight excluding hydrogens is 297 g/mol. The van der Waals surface area contributed by atoms with Crippen LogP contribution >= 0.6 is 34.8 Å². The van der Waals surface area contributed by atoms with Crippen LogP contribution in [0.4, 0.5) is 13.2 Å². The lowest BCUT2D eigenvalue weighted by molar-refractivity contribution is 0.146. The van der Waals surface area contributed by atoms with Crippen LogP contribution in [0, 0.1) is 5.82 Å². The highest BCUT2D eigenvalue weighted by molar-refractivity contribution is 6.43. The lowest BCUT2D eigenvalue weighted by Gasteiger charge is -2.07. The van der Waals surface area contributed by atoms with Crippen molar-refractivity contribution in [1.29, 1.82) is 0 Å². The predicted octanol–water partition coefficient (Wildman–Crippen LogP) is 5.27. The smallest absolute Gasteiger partial charge is 0.247 e. The number of halogens is 6. The van der Waals surface area contributed by atoms with Gasteiger partial charge < -0.3 is 0 Å². The van der Waals surface area contributed by atoms with E-state index in [0.717, 1.165) is 12.1 Å². The van der Waals surface area contributed by atoms with Gasteiger partial charge in [-0.05, 0) is 12.1 Å². The Morgan fingerprint density at radius 3 is 2.29 bits per heavy atom. The van der Waals surface area contributed by atoms with E-state index >= 15 is 0 Å². The first-order valence-electron chi connectivity index (χ1n) is 4.33. The fourth-order valence-electron chi connectivity index (χ4n) is 1.38. The zero-order valence-corrected chi connectivity index (χ0v) is 10.2. The monoisotopic (exact) mass is 299 g/mol. The van der Waals surface area contributed by atoms with E-state index in [1.165, 1.54) is 0 Å². The largest absolute Gasteiger partial charge is 0.280 e. The van der Waals surface area contributed by atoms with Crippen LogP contribution in [-0.4, -0.2) is 4.98 Å². The Morgan fingerprint density at radius 1 is 1.06 bits per heavy atom. The van der Waals surface area contributed by atoms with E-state index in [9.17, 15) is 13.2 Å². The average molecular weight is 300 g/mol. The van der Waals surface area contributed by atoms with Crippen molar-refractivity contribution in [3.63, 3.8) is 0 Å². The second kappa shape index (κ2) is 4.52. The first-order chi connectivity index (χ1) is 7.91. The number of fused-ring (bicyclic) bond motifs is 1. The molecule has 0 aliphatic rings. The SMILES string of the molecule is Fc1c(Cl)cc2nc(C(F)F)cc(Cl)c2c1Cl. The van der Waals surface area contributed by atoms with Crippen molar-refractivity contribution in [2.24, 2.45) is 0 Å². The van der Waals surface area contributed by atoms with Crippen LogP contribution in [0.25, 0.3) is 10.9 Å². The van der Waals surface area contributed by atoms with Gasteiger partial charge in [0, 0.05) is 5.39 Å². The molecule has 1 nitrogen and oxygen atoms in total. The van der Waals surface area contributed by atoms with Crippen molar-refractivity contribution in [3.05, 3.63) is 38.7 Å². The molecule has 0 atom stereocenters. The molecule has 90 valence electrons. The minimum absolute atomic E-state index is 0.0317. The summed E-state index contributed by atoms with van der Waals surface area (Å²) in [4.78, 5) is 3.63. The average Bonchev–Trinajstić information content (AvgIpc) is 2.25. The maximum atomic E-state index is 13.4. The van der Waals surface area contributed by atoms with E-state index in [2.05, 4.69) is 4.98 Å². The molecule has 0 fully saturated rings. The summed E-state index contributed by atoms with van der Waals surface area (Å²) in [6, 6.07) is 2.06. The number of aromatic nitrogens is 1. The number of benzene rings is 1. The van der Waals surface area contributed by atoms with Gasteiger partial charge in [0.2, 0.25) is 0 Å². The number of hydrogen-bond acceptors (Lipinski definition) is 1. The van der Waals surface area contributed by atoms with Crippen LogP contribution in [0.15, 0.2) is 12.1 Å². The maximum Gasteiger partial charge on any atom is 0.280 e. The van der Waals surface area contributed by atoms with Gasteiger partial charge in [-0.15, -0.1) is 0 Å². The maximum absolute atomic E-state index is 13.4. The predicted molar refractivity (Wildman–Crippen MR) is 61.7 cm³/mol. The Morgan fingerprint density at radius 2 is 1.71 bits per heavy atom.